The minimum atomic E-state index is 0.875. The molecule has 0 N–H and O–H groups in total. The zero-order valence-corrected chi connectivity index (χ0v) is 7.90. The summed E-state index contributed by atoms with van der Waals surface area (Å²) in [6, 6.07) is 0. The van der Waals surface area contributed by atoms with E-state index in [1.54, 1.807) is 19.3 Å². The molecule has 0 bridgehead atoms. The van der Waals surface area contributed by atoms with Crippen molar-refractivity contribution >= 4 is 0 Å². The van der Waals surface area contributed by atoms with Gasteiger partial charge in [0.25, 0.3) is 0 Å². The summed E-state index contributed by atoms with van der Waals surface area (Å²) in [5.74, 6) is 2.18. The van der Waals surface area contributed by atoms with Gasteiger partial charge in [-0.1, -0.05) is 26.7 Å². The molecule has 2 rings (SSSR count). The molecule has 0 aliphatic heterocycles. The van der Waals surface area contributed by atoms with Crippen LogP contribution in [-0.4, -0.2) is 0 Å². The van der Waals surface area contributed by atoms with E-state index in [-0.39, 0.29) is 0 Å². The lowest BCUT2D eigenvalue weighted by Crippen LogP contribution is -2.48. The van der Waals surface area contributed by atoms with Crippen LogP contribution >= 0.6 is 0 Å². The van der Waals surface area contributed by atoms with Gasteiger partial charge in [-0.15, -0.1) is 0 Å². The Kier molecular flexibility index (Phi) is 1.74. The molecular weight excluding hydrogens is 132 g/mol. The van der Waals surface area contributed by atoms with Crippen molar-refractivity contribution in [2.45, 2.75) is 52.4 Å². The summed E-state index contributed by atoms with van der Waals surface area (Å²) in [5, 5.41) is 0. The molecule has 2 aliphatic carbocycles. The molecule has 1 atom stereocenters. The first-order valence-electron chi connectivity index (χ1n) is 5.27. The number of hydrogen-bond acceptors (Lipinski definition) is 0. The van der Waals surface area contributed by atoms with Crippen molar-refractivity contribution in [3.05, 3.63) is 0 Å². The molecule has 64 valence electrons. The molecular formula is C11H20. The molecule has 0 heteroatoms. The van der Waals surface area contributed by atoms with Crippen LogP contribution in [0.25, 0.3) is 0 Å². The van der Waals surface area contributed by atoms with Crippen LogP contribution in [0.3, 0.4) is 0 Å². The Morgan fingerprint density at radius 3 is 2.45 bits per heavy atom. The van der Waals surface area contributed by atoms with E-state index in [0.29, 0.717) is 0 Å². The van der Waals surface area contributed by atoms with Crippen molar-refractivity contribution in [3.63, 3.8) is 0 Å². The second kappa shape index (κ2) is 2.50. The van der Waals surface area contributed by atoms with Crippen LogP contribution in [0.5, 0.6) is 0 Å². The molecule has 0 saturated heterocycles. The average Bonchev–Trinajstić information content (AvgIpc) is 1.92. The molecule has 0 aromatic carbocycles. The van der Waals surface area contributed by atoms with Gasteiger partial charge in [0.1, 0.15) is 0 Å². The first-order chi connectivity index (χ1) is 5.27. The summed E-state index contributed by atoms with van der Waals surface area (Å²) in [5.41, 5.74) is 0.875. The van der Waals surface area contributed by atoms with Crippen molar-refractivity contribution in [2.75, 3.05) is 0 Å². The van der Waals surface area contributed by atoms with E-state index in [0.717, 1.165) is 17.3 Å². The second-order valence-corrected chi connectivity index (χ2v) is 4.87. The molecule has 0 radical (unpaired) electrons. The van der Waals surface area contributed by atoms with Crippen molar-refractivity contribution in [2.24, 2.45) is 17.3 Å². The fourth-order valence-corrected chi connectivity index (χ4v) is 3.15. The molecule has 0 heterocycles. The Labute approximate surface area is 70.4 Å². The van der Waals surface area contributed by atoms with Gasteiger partial charge < -0.3 is 0 Å². The van der Waals surface area contributed by atoms with E-state index in [4.69, 9.17) is 0 Å². The lowest BCUT2D eigenvalue weighted by Gasteiger charge is -2.59. The first kappa shape index (κ1) is 7.64. The molecule has 0 aromatic rings. The molecule has 0 nitrogen and oxygen atoms in total. The molecule has 1 unspecified atom stereocenters. The number of rotatable bonds is 2. The molecule has 2 fully saturated rings. The summed E-state index contributed by atoms with van der Waals surface area (Å²) in [6.45, 7) is 4.76. The molecule has 0 amide bonds. The van der Waals surface area contributed by atoms with Crippen molar-refractivity contribution < 1.29 is 0 Å². The zero-order chi connectivity index (χ0) is 7.90. The van der Waals surface area contributed by atoms with E-state index in [9.17, 15) is 0 Å². The first-order valence-corrected chi connectivity index (χ1v) is 5.27. The molecule has 11 heavy (non-hydrogen) atoms. The van der Waals surface area contributed by atoms with Gasteiger partial charge in [-0.05, 0) is 42.9 Å². The van der Waals surface area contributed by atoms with E-state index in [1.165, 1.54) is 19.3 Å². The van der Waals surface area contributed by atoms with Gasteiger partial charge in [0.05, 0.1) is 0 Å². The van der Waals surface area contributed by atoms with E-state index in [1.807, 2.05) is 0 Å². The third-order valence-electron chi connectivity index (χ3n) is 4.21. The van der Waals surface area contributed by atoms with Gasteiger partial charge in [-0.2, -0.15) is 0 Å². The van der Waals surface area contributed by atoms with E-state index < -0.39 is 0 Å². The number of hydrogen-bond donors (Lipinski definition) is 0. The van der Waals surface area contributed by atoms with Gasteiger partial charge in [-0.3, -0.25) is 0 Å². The van der Waals surface area contributed by atoms with Gasteiger partial charge in [0, 0.05) is 0 Å². The minimum Gasteiger partial charge on any atom is -0.0654 e. The Morgan fingerprint density at radius 1 is 1.36 bits per heavy atom. The van der Waals surface area contributed by atoms with Crippen molar-refractivity contribution in [1.29, 1.82) is 0 Å². The third kappa shape index (κ3) is 1.02. The predicted molar refractivity (Wildman–Crippen MR) is 48.5 cm³/mol. The topological polar surface area (TPSA) is 0 Å². The van der Waals surface area contributed by atoms with Crippen molar-refractivity contribution in [1.82, 2.24) is 0 Å². The van der Waals surface area contributed by atoms with Gasteiger partial charge in [-0.25, -0.2) is 0 Å². The lowest BCUT2D eigenvalue weighted by molar-refractivity contribution is -0.0836. The fraction of sp³-hybridized carbons (Fsp3) is 1.00. The highest BCUT2D eigenvalue weighted by Gasteiger charge is 2.52. The van der Waals surface area contributed by atoms with Crippen molar-refractivity contribution in [3.8, 4) is 0 Å². The summed E-state index contributed by atoms with van der Waals surface area (Å²) in [7, 11) is 0. The smallest absolute Gasteiger partial charge is 0.0266 e. The van der Waals surface area contributed by atoms with Crippen LogP contribution in [-0.2, 0) is 0 Å². The van der Waals surface area contributed by atoms with E-state index in [2.05, 4.69) is 13.8 Å². The lowest BCUT2D eigenvalue weighted by atomic mass is 9.46. The Bertz CT molecular complexity index is 142. The molecule has 0 aromatic heterocycles. The Hall–Kier alpha value is 0. The highest BCUT2D eigenvalue weighted by Crippen LogP contribution is 2.62. The van der Waals surface area contributed by atoms with Crippen LogP contribution in [0.15, 0.2) is 0 Å². The maximum atomic E-state index is 2.45. The van der Waals surface area contributed by atoms with Gasteiger partial charge in [0.15, 0.2) is 0 Å². The normalized spacial score (nSPS) is 48.5. The van der Waals surface area contributed by atoms with Crippen LogP contribution < -0.4 is 0 Å². The van der Waals surface area contributed by atoms with Gasteiger partial charge >= 0.3 is 0 Å². The average molecular weight is 152 g/mol. The predicted octanol–water partition coefficient (Wildman–Crippen LogP) is 3.61. The van der Waals surface area contributed by atoms with Crippen LogP contribution in [0.1, 0.15) is 52.4 Å². The van der Waals surface area contributed by atoms with Crippen LogP contribution in [0.4, 0.5) is 0 Å². The molecule has 1 spiro atoms. The quantitative estimate of drug-likeness (QED) is 0.567. The van der Waals surface area contributed by atoms with Gasteiger partial charge in [0.2, 0.25) is 0 Å². The third-order valence-corrected chi connectivity index (χ3v) is 4.21. The Morgan fingerprint density at radius 2 is 2.09 bits per heavy atom. The largest absolute Gasteiger partial charge is 0.0654 e. The monoisotopic (exact) mass is 152 g/mol. The fourth-order valence-electron chi connectivity index (χ4n) is 3.15. The highest BCUT2D eigenvalue weighted by molar-refractivity contribution is 5.02. The zero-order valence-electron chi connectivity index (χ0n) is 7.90. The summed E-state index contributed by atoms with van der Waals surface area (Å²) in [6.07, 6.45) is 9.10. The molecule has 2 saturated carbocycles. The summed E-state index contributed by atoms with van der Waals surface area (Å²) < 4.78 is 0. The Balaban J connectivity index is 1.78. The maximum Gasteiger partial charge on any atom is -0.0266 e. The minimum absolute atomic E-state index is 0.875. The van der Waals surface area contributed by atoms with E-state index >= 15 is 0 Å². The summed E-state index contributed by atoms with van der Waals surface area (Å²) >= 11 is 0. The molecule has 2 aliphatic rings. The van der Waals surface area contributed by atoms with Crippen LogP contribution in [0, 0.1) is 17.3 Å². The van der Waals surface area contributed by atoms with Crippen LogP contribution in [0.2, 0.25) is 0 Å². The standard InChI is InChI=1S/C11H20/c1-3-4-10-7-11(8-10)6-5-9(11)2/h9-10H,3-8H2,1-2H3. The second-order valence-electron chi connectivity index (χ2n) is 4.87. The SMILES string of the molecule is CCCC1CC2(CCC2C)C1. The maximum absolute atomic E-state index is 2.45. The highest BCUT2D eigenvalue weighted by atomic mass is 14.6. The summed E-state index contributed by atoms with van der Waals surface area (Å²) in [4.78, 5) is 0.